The summed E-state index contributed by atoms with van der Waals surface area (Å²) in [5, 5.41) is 6.33. The van der Waals surface area contributed by atoms with E-state index in [1.165, 1.54) is 11.8 Å². The number of anilines is 1. The number of carbonyl (C=O) groups excluding carboxylic acids is 2. The van der Waals surface area contributed by atoms with Crippen molar-refractivity contribution in [2.45, 2.75) is 46.1 Å². The molecule has 37 heavy (non-hydrogen) atoms. The Morgan fingerprint density at radius 2 is 1.81 bits per heavy atom. The fourth-order valence-electron chi connectivity index (χ4n) is 4.38. The van der Waals surface area contributed by atoms with Gasteiger partial charge in [0.25, 0.3) is 5.91 Å². The Bertz CT molecular complexity index is 1390. The largest absolute Gasteiger partial charge is 0.418 e. The number of amides is 2. The van der Waals surface area contributed by atoms with Gasteiger partial charge < -0.3 is 16.0 Å². The monoisotopic (exact) mass is 524 g/mol. The molecule has 13 heteroatoms. The minimum absolute atomic E-state index is 0.0510. The zero-order valence-corrected chi connectivity index (χ0v) is 20.5. The van der Waals surface area contributed by atoms with Crippen LogP contribution in [0.3, 0.4) is 0 Å². The van der Waals surface area contributed by atoms with Crippen molar-refractivity contribution in [2.75, 3.05) is 18.8 Å². The third-order valence-electron chi connectivity index (χ3n) is 6.22. The van der Waals surface area contributed by atoms with Gasteiger partial charge in [0, 0.05) is 23.1 Å². The molecular weight excluding hydrogens is 499 g/mol. The van der Waals surface area contributed by atoms with E-state index in [-0.39, 0.29) is 41.4 Å². The van der Waals surface area contributed by atoms with Gasteiger partial charge in [-0.15, -0.1) is 0 Å². The molecule has 1 aliphatic heterocycles. The van der Waals surface area contributed by atoms with Crippen LogP contribution in [-0.2, 0) is 11.0 Å². The second kappa shape index (κ2) is 8.96. The molecule has 8 nitrogen and oxygen atoms in total. The summed E-state index contributed by atoms with van der Waals surface area (Å²) in [6.45, 7) is 6.30. The first-order chi connectivity index (χ1) is 17.1. The molecule has 3 heterocycles. The summed E-state index contributed by atoms with van der Waals surface area (Å²) in [4.78, 5) is 30.5. The van der Waals surface area contributed by atoms with Gasteiger partial charge in [0.2, 0.25) is 5.91 Å². The Morgan fingerprint density at radius 3 is 2.43 bits per heavy atom. The standard InChI is InChI=1S/C24H25F5N6O2/c1-11-5-15(25)13(18-7-14(24(27,28)29)19-20(30)31-10-32-35(18)19)6-12(11)21(36)33-17-9-34(8-16(17)26)22(37)23(2,3)4/h5-7,10,16-17H,8-9H2,1-4H3,(H,33,36)(H2,30,31,32)/t16-,17+/m0/s1. The molecule has 0 radical (unpaired) electrons. The van der Waals surface area contributed by atoms with Crippen LogP contribution in [-0.4, -0.2) is 56.6 Å². The number of hydrogen-bond acceptors (Lipinski definition) is 5. The van der Waals surface area contributed by atoms with E-state index < -0.39 is 52.4 Å². The Labute approximate surface area is 208 Å². The van der Waals surface area contributed by atoms with Crippen LogP contribution in [0, 0.1) is 18.2 Å². The number of carbonyl (C=O) groups is 2. The van der Waals surface area contributed by atoms with Crippen LogP contribution >= 0.6 is 0 Å². The number of alkyl halides is 4. The average molecular weight is 524 g/mol. The summed E-state index contributed by atoms with van der Waals surface area (Å²) in [6.07, 6.45) is -5.43. The van der Waals surface area contributed by atoms with Gasteiger partial charge in [-0.05, 0) is 30.7 Å². The number of rotatable bonds is 3. The van der Waals surface area contributed by atoms with Crippen molar-refractivity contribution in [2.24, 2.45) is 5.41 Å². The lowest BCUT2D eigenvalue weighted by molar-refractivity contribution is -0.138. The molecule has 3 aromatic rings. The third kappa shape index (κ3) is 4.81. The normalized spacial score (nSPS) is 18.5. The summed E-state index contributed by atoms with van der Waals surface area (Å²) >= 11 is 0. The number of halogens is 5. The molecule has 0 spiro atoms. The van der Waals surface area contributed by atoms with Gasteiger partial charge in [-0.25, -0.2) is 18.3 Å². The Morgan fingerprint density at radius 1 is 1.14 bits per heavy atom. The molecule has 1 aromatic carbocycles. The zero-order valence-electron chi connectivity index (χ0n) is 20.5. The van der Waals surface area contributed by atoms with Crippen LogP contribution in [0.4, 0.5) is 27.8 Å². The van der Waals surface area contributed by atoms with E-state index in [4.69, 9.17) is 5.73 Å². The highest BCUT2D eigenvalue weighted by molar-refractivity contribution is 5.97. The maximum absolute atomic E-state index is 15.0. The summed E-state index contributed by atoms with van der Waals surface area (Å²) in [6, 6.07) is 1.75. The summed E-state index contributed by atoms with van der Waals surface area (Å²) in [7, 11) is 0. The van der Waals surface area contributed by atoms with Gasteiger partial charge in [0.1, 0.15) is 23.8 Å². The molecule has 1 fully saturated rings. The number of nitrogens with one attached hydrogen (secondary N) is 1. The number of nitrogen functional groups attached to an aromatic ring is 1. The lowest BCUT2D eigenvalue weighted by Gasteiger charge is -2.25. The molecule has 2 atom stereocenters. The lowest BCUT2D eigenvalue weighted by atomic mass is 9.95. The Balaban J connectivity index is 1.70. The molecule has 3 N–H and O–H groups in total. The number of benzene rings is 1. The predicted octanol–water partition coefficient (Wildman–Crippen LogP) is 3.77. The SMILES string of the molecule is Cc1cc(F)c(-c2cc(C(F)(F)F)c3c(N)ncnn23)cc1C(=O)N[C@@H]1CN(C(=O)C(C)(C)C)C[C@@H]1F. The molecule has 0 unspecified atom stereocenters. The van der Waals surface area contributed by atoms with E-state index in [1.807, 2.05) is 0 Å². The minimum atomic E-state index is -4.83. The van der Waals surface area contributed by atoms with Gasteiger partial charge in [-0.1, -0.05) is 20.8 Å². The smallest absolute Gasteiger partial charge is 0.382 e. The topological polar surface area (TPSA) is 106 Å². The highest BCUT2D eigenvalue weighted by atomic mass is 19.4. The van der Waals surface area contributed by atoms with Crippen LogP contribution < -0.4 is 11.1 Å². The first-order valence-corrected chi connectivity index (χ1v) is 11.3. The third-order valence-corrected chi connectivity index (χ3v) is 6.22. The summed E-state index contributed by atoms with van der Waals surface area (Å²) < 4.78 is 71.6. The Kier molecular flexibility index (Phi) is 6.37. The minimum Gasteiger partial charge on any atom is -0.382 e. The maximum Gasteiger partial charge on any atom is 0.418 e. The van der Waals surface area contributed by atoms with Crippen molar-refractivity contribution in [3.8, 4) is 11.3 Å². The number of fused-ring (bicyclic) bond motifs is 1. The van der Waals surface area contributed by atoms with E-state index in [0.717, 1.165) is 23.0 Å². The van der Waals surface area contributed by atoms with Crippen molar-refractivity contribution in [1.82, 2.24) is 24.8 Å². The molecule has 4 rings (SSSR count). The average Bonchev–Trinajstić information content (AvgIpc) is 3.34. The highest BCUT2D eigenvalue weighted by Gasteiger charge is 2.40. The molecule has 1 aliphatic rings. The fraction of sp³-hybridized carbons (Fsp3) is 0.417. The van der Waals surface area contributed by atoms with Crippen LogP contribution in [0.15, 0.2) is 24.5 Å². The van der Waals surface area contributed by atoms with Crippen LogP contribution in [0.25, 0.3) is 16.8 Å². The van der Waals surface area contributed by atoms with Crippen molar-refractivity contribution < 1.29 is 31.5 Å². The summed E-state index contributed by atoms with van der Waals surface area (Å²) in [5.41, 5.74) is 2.68. The van der Waals surface area contributed by atoms with E-state index in [9.17, 15) is 27.2 Å². The number of nitrogens with zero attached hydrogens (tertiary/aromatic N) is 4. The van der Waals surface area contributed by atoms with Crippen LogP contribution in [0.1, 0.15) is 42.3 Å². The van der Waals surface area contributed by atoms with Crippen molar-refractivity contribution in [1.29, 1.82) is 0 Å². The molecule has 2 aromatic heterocycles. The predicted molar refractivity (Wildman–Crippen MR) is 125 cm³/mol. The molecule has 1 saturated heterocycles. The summed E-state index contributed by atoms with van der Waals surface area (Å²) in [5.74, 6) is -2.38. The maximum atomic E-state index is 15.0. The first-order valence-electron chi connectivity index (χ1n) is 11.3. The van der Waals surface area contributed by atoms with E-state index in [1.54, 1.807) is 20.8 Å². The Hall–Kier alpha value is -3.77. The molecular formula is C24H25F5N6O2. The number of nitrogens with two attached hydrogens (primary N) is 1. The van der Waals surface area contributed by atoms with Gasteiger partial charge in [0.15, 0.2) is 5.82 Å². The lowest BCUT2D eigenvalue weighted by Crippen LogP contribution is -2.43. The van der Waals surface area contributed by atoms with Crippen LogP contribution in [0.5, 0.6) is 0 Å². The van der Waals surface area contributed by atoms with Gasteiger partial charge in [0.05, 0.1) is 23.8 Å². The number of aryl methyl sites for hydroxylation is 1. The van der Waals surface area contributed by atoms with Gasteiger partial charge >= 0.3 is 6.18 Å². The van der Waals surface area contributed by atoms with Gasteiger partial charge in [-0.2, -0.15) is 18.3 Å². The van der Waals surface area contributed by atoms with Crippen molar-refractivity contribution in [3.63, 3.8) is 0 Å². The number of aromatic nitrogens is 3. The van der Waals surface area contributed by atoms with E-state index in [0.29, 0.717) is 6.07 Å². The van der Waals surface area contributed by atoms with E-state index >= 15 is 4.39 Å². The first kappa shape index (κ1) is 26.3. The second-order valence-corrected chi connectivity index (χ2v) is 10.0. The molecule has 0 bridgehead atoms. The molecule has 0 saturated carbocycles. The highest BCUT2D eigenvalue weighted by Crippen LogP contribution is 2.39. The molecule has 0 aliphatic carbocycles. The number of likely N-dealkylation sites (tertiary alicyclic amines) is 1. The second-order valence-electron chi connectivity index (χ2n) is 10.0. The molecule has 2 amide bonds. The number of hydrogen-bond donors (Lipinski definition) is 2. The fourth-order valence-corrected chi connectivity index (χ4v) is 4.38. The van der Waals surface area contributed by atoms with Crippen molar-refractivity contribution in [3.05, 3.63) is 47.0 Å². The quantitative estimate of drug-likeness (QED) is 0.508. The van der Waals surface area contributed by atoms with E-state index in [2.05, 4.69) is 15.4 Å². The van der Waals surface area contributed by atoms with Gasteiger partial charge in [-0.3, -0.25) is 9.59 Å². The van der Waals surface area contributed by atoms with Crippen LogP contribution in [0.2, 0.25) is 0 Å². The zero-order chi connectivity index (χ0) is 27.4. The molecule has 198 valence electrons. The van der Waals surface area contributed by atoms with Crippen molar-refractivity contribution >= 4 is 23.1 Å².